The average Bonchev–Trinajstić information content (AvgIpc) is 3.43. The lowest BCUT2D eigenvalue weighted by Gasteiger charge is -2.22. The zero-order valence-corrected chi connectivity index (χ0v) is 18.1. The fraction of sp³-hybridized carbons (Fsp3) is 0.273. The van der Waals surface area contributed by atoms with Gasteiger partial charge in [-0.15, -0.1) is 0 Å². The van der Waals surface area contributed by atoms with Crippen LogP contribution in [0.3, 0.4) is 0 Å². The van der Waals surface area contributed by atoms with Gasteiger partial charge in [0.05, 0.1) is 22.8 Å². The first-order valence-electron chi connectivity index (χ1n) is 10.1. The third-order valence-corrected chi connectivity index (χ3v) is 6.21. The summed E-state index contributed by atoms with van der Waals surface area (Å²) in [5.74, 6) is -0.531. The van der Waals surface area contributed by atoms with Crippen LogP contribution in [0.2, 0.25) is 10.0 Å². The third-order valence-electron chi connectivity index (χ3n) is 5.57. The van der Waals surface area contributed by atoms with Gasteiger partial charge in [-0.2, -0.15) is 9.83 Å². The number of rotatable bonds is 5. The predicted octanol–water partition coefficient (Wildman–Crippen LogP) is 4.90. The van der Waals surface area contributed by atoms with Crippen LogP contribution in [-0.4, -0.2) is 32.6 Å². The van der Waals surface area contributed by atoms with Crippen molar-refractivity contribution in [2.45, 2.75) is 25.5 Å². The largest absolute Gasteiger partial charge is 0.409 e. The first-order chi connectivity index (χ1) is 15.1. The van der Waals surface area contributed by atoms with Crippen molar-refractivity contribution >= 4 is 34.2 Å². The third kappa shape index (κ3) is 4.13. The van der Waals surface area contributed by atoms with Crippen molar-refractivity contribution in [3.63, 3.8) is 0 Å². The smallest absolute Gasteiger partial charge is 0.142 e. The molecule has 0 radical (unpaired) electrons. The second-order valence-electron chi connectivity index (χ2n) is 7.59. The van der Waals surface area contributed by atoms with Gasteiger partial charge in [-0.3, -0.25) is 9.67 Å². The number of pyridine rings is 1. The molecule has 5 rings (SSSR count). The van der Waals surface area contributed by atoms with Gasteiger partial charge in [0.2, 0.25) is 0 Å². The zero-order valence-electron chi connectivity index (χ0n) is 16.6. The molecule has 0 bridgehead atoms. The molecule has 0 atom stereocenters. The molecule has 1 N–H and O–H groups in total. The molecular formula is C22H20Cl2FN5O. The summed E-state index contributed by atoms with van der Waals surface area (Å²) >= 11 is 11.9. The molecule has 160 valence electrons. The van der Waals surface area contributed by atoms with E-state index in [2.05, 4.69) is 21.6 Å². The number of nitrogens with zero attached hydrogens (tertiary/aromatic N) is 4. The van der Waals surface area contributed by atoms with Crippen molar-refractivity contribution in [2.75, 3.05) is 13.1 Å². The van der Waals surface area contributed by atoms with E-state index in [0.717, 1.165) is 48.1 Å². The Hall–Kier alpha value is -2.61. The van der Waals surface area contributed by atoms with E-state index < -0.39 is 5.82 Å². The van der Waals surface area contributed by atoms with E-state index >= 15 is 0 Å². The van der Waals surface area contributed by atoms with Crippen molar-refractivity contribution < 1.29 is 9.23 Å². The Labute approximate surface area is 188 Å². The topological polar surface area (TPSA) is 56.9 Å². The number of hydrogen-bond donors (Lipinski definition) is 1. The van der Waals surface area contributed by atoms with Crippen LogP contribution in [0, 0.1) is 5.82 Å². The van der Waals surface area contributed by atoms with Crippen molar-refractivity contribution in [3.05, 3.63) is 70.5 Å². The molecule has 9 heteroatoms. The van der Waals surface area contributed by atoms with Gasteiger partial charge < -0.3 is 10.2 Å². The average molecular weight is 460 g/mol. The van der Waals surface area contributed by atoms with Crippen molar-refractivity contribution in [1.82, 2.24) is 24.8 Å². The monoisotopic (exact) mass is 459 g/mol. The minimum atomic E-state index is -0.531. The van der Waals surface area contributed by atoms with E-state index in [1.54, 1.807) is 10.9 Å². The molecule has 0 spiro atoms. The van der Waals surface area contributed by atoms with Crippen LogP contribution in [0.1, 0.15) is 24.4 Å². The van der Waals surface area contributed by atoms with E-state index in [4.69, 9.17) is 28.0 Å². The maximum absolute atomic E-state index is 13.8. The summed E-state index contributed by atoms with van der Waals surface area (Å²) in [6, 6.07) is 6.96. The molecule has 0 saturated carbocycles. The van der Waals surface area contributed by atoms with Gasteiger partial charge in [0.1, 0.15) is 17.9 Å². The summed E-state index contributed by atoms with van der Waals surface area (Å²) in [4.78, 5) is 10.4. The Morgan fingerprint density at radius 2 is 1.94 bits per heavy atom. The lowest BCUT2D eigenvalue weighted by molar-refractivity contribution is 0.107. The summed E-state index contributed by atoms with van der Waals surface area (Å²) in [6.07, 6.45) is 9.70. The van der Waals surface area contributed by atoms with E-state index in [1.807, 2.05) is 29.2 Å². The molecule has 6 nitrogen and oxygen atoms in total. The van der Waals surface area contributed by atoms with Gasteiger partial charge in [-0.05, 0) is 50.2 Å². The maximum atomic E-state index is 13.8. The van der Waals surface area contributed by atoms with E-state index in [-0.39, 0.29) is 11.6 Å². The molecule has 31 heavy (non-hydrogen) atoms. The molecular weight excluding hydrogens is 440 g/mol. The molecule has 0 aliphatic carbocycles. The van der Waals surface area contributed by atoms with Crippen LogP contribution in [0.5, 0.6) is 0 Å². The minimum Gasteiger partial charge on any atom is -0.409 e. The SMILES string of the molecule is Fc1cc(COn2ccc3ncc(-c4cnn(C5CCNCC5)c4)cc32)c(Cl)cc1Cl. The van der Waals surface area contributed by atoms with Crippen molar-refractivity contribution in [3.8, 4) is 11.1 Å². The Morgan fingerprint density at radius 1 is 1.10 bits per heavy atom. The highest BCUT2D eigenvalue weighted by Gasteiger charge is 2.17. The summed E-state index contributed by atoms with van der Waals surface area (Å²) < 4.78 is 17.4. The molecule has 0 amide bonds. The van der Waals surface area contributed by atoms with Crippen LogP contribution in [0.15, 0.2) is 49.1 Å². The first-order valence-corrected chi connectivity index (χ1v) is 10.8. The van der Waals surface area contributed by atoms with Crippen LogP contribution in [0.4, 0.5) is 4.39 Å². The molecule has 3 aromatic heterocycles. The van der Waals surface area contributed by atoms with E-state index in [1.165, 1.54) is 12.1 Å². The Morgan fingerprint density at radius 3 is 2.77 bits per heavy atom. The number of halogens is 3. The van der Waals surface area contributed by atoms with Crippen LogP contribution in [0.25, 0.3) is 22.2 Å². The summed E-state index contributed by atoms with van der Waals surface area (Å²) in [5.41, 5.74) is 4.06. The van der Waals surface area contributed by atoms with Gasteiger partial charge in [-0.25, -0.2) is 4.39 Å². The number of fused-ring (bicyclic) bond motifs is 1. The Balaban J connectivity index is 1.39. The Kier molecular flexibility index (Phi) is 5.56. The van der Waals surface area contributed by atoms with Gasteiger partial charge in [0, 0.05) is 40.3 Å². The normalized spacial score (nSPS) is 14.9. The predicted molar refractivity (Wildman–Crippen MR) is 119 cm³/mol. The quantitative estimate of drug-likeness (QED) is 0.431. The number of hydrogen-bond acceptors (Lipinski definition) is 4. The number of benzene rings is 1. The molecule has 1 saturated heterocycles. The highest BCUT2D eigenvalue weighted by molar-refractivity contribution is 6.35. The van der Waals surface area contributed by atoms with Crippen LogP contribution in [-0.2, 0) is 6.61 Å². The number of nitrogens with one attached hydrogen (secondary N) is 1. The molecule has 1 aliphatic heterocycles. The minimum absolute atomic E-state index is 0.0148. The van der Waals surface area contributed by atoms with Gasteiger partial charge in [0.25, 0.3) is 0 Å². The molecule has 1 aliphatic rings. The van der Waals surface area contributed by atoms with E-state index in [9.17, 15) is 4.39 Å². The summed E-state index contributed by atoms with van der Waals surface area (Å²) in [5, 5.41) is 8.28. The molecule has 0 unspecified atom stereocenters. The number of piperidine rings is 1. The molecule has 4 aromatic rings. The second kappa shape index (κ2) is 8.49. The highest BCUT2D eigenvalue weighted by Crippen LogP contribution is 2.27. The zero-order chi connectivity index (χ0) is 21.4. The number of aromatic nitrogens is 4. The second-order valence-corrected chi connectivity index (χ2v) is 8.41. The lowest BCUT2D eigenvalue weighted by Crippen LogP contribution is -2.29. The molecule has 1 aromatic carbocycles. The fourth-order valence-corrected chi connectivity index (χ4v) is 4.27. The standard InChI is InChI=1S/C22H20Cl2FN5O/c23-18-9-19(24)20(25)7-15(18)13-31-30-6-3-21-22(30)8-14(10-27-21)16-11-28-29(12-16)17-1-4-26-5-2-17/h3,6-12,17,26H,1-2,4-5,13H2. The summed E-state index contributed by atoms with van der Waals surface area (Å²) in [7, 11) is 0. The van der Waals surface area contributed by atoms with Gasteiger partial charge in [0.15, 0.2) is 0 Å². The first kappa shape index (κ1) is 20.3. The van der Waals surface area contributed by atoms with Gasteiger partial charge in [-0.1, -0.05) is 23.2 Å². The molecule has 4 heterocycles. The van der Waals surface area contributed by atoms with Gasteiger partial charge >= 0.3 is 0 Å². The Bertz CT molecular complexity index is 1230. The summed E-state index contributed by atoms with van der Waals surface area (Å²) in [6.45, 7) is 2.12. The van der Waals surface area contributed by atoms with Crippen molar-refractivity contribution in [2.24, 2.45) is 0 Å². The van der Waals surface area contributed by atoms with Crippen LogP contribution >= 0.6 is 23.2 Å². The fourth-order valence-electron chi connectivity index (χ4n) is 3.83. The maximum Gasteiger partial charge on any atom is 0.142 e. The van der Waals surface area contributed by atoms with Crippen molar-refractivity contribution in [1.29, 1.82) is 0 Å². The van der Waals surface area contributed by atoms with E-state index in [0.29, 0.717) is 16.6 Å². The molecule has 1 fully saturated rings. The highest BCUT2D eigenvalue weighted by atomic mass is 35.5. The lowest BCUT2D eigenvalue weighted by atomic mass is 10.1. The van der Waals surface area contributed by atoms with Crippen LogP contribution < -0.4 is 10.2 Å².